The van der Waals surface area contributed by atoms with Crippen LogP contribution in [0, 0.1) is 20.8 Å². The molecule has 1 atom stereocenters. The number of benzene rings is 4. The minimum absolute atomic E-state index is 0.0512. The highest BCUT2D eigenvalue weighted by atomic mass is 32.2. The quantitative estimate of drug-likeness (QED) is 0.181. The monoisotopic (exact) mass is 651 g/mol. The summed E-state index contributed by atoms with van der Waals surface area (Å²) in [7, 11) is -4.15. The fourth-order valence-electron chi connectivity index (χ4n) is 6.26. The predicted octanol–water partition coefficient (Wildman–Crippen LogP) is 6.90. The summed E-state index contributed by atoms with van der Waals surface area (Å²) in [5.41, 5.74) is 4.87. The fourth-order valence-corrected chi connectivity index (χ4v) is 7.74. The molecular weight excluding hydrogens is 607 g/mol. The molecule has 47 heavy (non-hydrogen) atoms. The van der Waals surface area contributed by atoms with Gasteiger partial charge in [0.25, 0.3) is 10.0 Å². The molecule has 0 unspecified atom stereocenters. The second kappa shape index (κ2) is 15.4. The summed E-state index contributed by atoms with van der Waals surface area (Å²) in [4.78, 5) is 30.7. The molecule has 2 amide bonds. The van der Waals surface area contributed by atoms with Crippen molar-refractivity contribution in [1.82, 2.24) is 10.2 Å². The van der Waals surface area contributed by atoms with E-state index in [-0.39, 0.29) is 23.4 Å². The smallest absolute Gasteiger partial charge is 0.264 e. The van der Waals surface area contributed by atoms with Gasteiger partial charge in [-0.15, -0.1) is 0 Å². The van der Waals surface area contributed by atoms with Gasteiger partial charge in [-0.2, -0.15) is 0 Å². The molecule has 5 rings (SSSR count). The summed E-state index contributed by atoms with van der Waals surface area (Å²) in [6, 6.07) is 30.5. The lowest BCUT2D eigenvalue weighted by molar-refractivity contribution is -0.140. The SMILES string of the molecule is Cc1ccc(S(=O)(=O)N(CC(=O)N(Cc2ccccc2C)[C@@H](Cc2ccccc2)C(=O)NC2CCCCC2)c2ccccc2C)cc1. The molecule has 0 heterocycles. The number of carbonyl (C=O) groups excluding carboxylic acids is 2. The third-order valence-electron chi connectivity index (χ3n) is 9.10. The van der Waals surface area contributed by atoms with Crippen molar-refractivity contribution < 1.29 is 18.0 Å². The van der Waals surface area contributed by atoms with Gasteiger partial charge in [0.05, 0.1) is 10.6 Å². The molecule has 1 fully saturated rings. The molecular formula is C39H45N3O4S. The summed E-state index contributed by atoms with van der Waals surface area (Å²) in [6.45, 7) is 5.40. The van der Waals surface area contributed by atoms with Gasteiger partial charge in [0.2, 0.25) is 11.8 Å². The van der Waals surface area contributed by atoms with Crippen LogP contribution in [0.15, 0.2) is 108 Å². The first-order valence-corrected chi connectivity index (χ1v) is 17.9. The Morgan fingerprint density at radius 1 is 0.766 bits per heavy atom. The molecule has 1 saturated carbocycles. The highest BCUT2D eigenvalue weighted by Crippen LogP contribution is 2.28. The van der Waals surface area contributed by atoms with Crippen LogP contribution >= 0.6 is 0 Å². The number of sulfonamides is 1. The molecule has 1 aliphatic carbocycles. The number of rotatable bonds is 12. The van der Waals surface area contributed by atoms with Crippen molar-refractivity contribution >= 4 is 27.5 Å². The van der Waals surface area contributed by atoms with E-state index < -0.39 is 28.5 Å². The predicted molar refractivity (Wildman–Crippen MR) is 188 cm³/mol. The van der Waals surface area contributed by atoms with Gasteiger partial charge in [0, 0.05) is 19.0 Å². The molecule has 246 valence electrons. The van der Waals surface area contributed by atoms with Crippen LogP contribution < -0.4 is 9.62 Å². The number of nitrogens with one attached hydrogen (secondary N) is 1. The summed E-state index contributed by atoms with van der Waals surface area (Å²) < 4.78 is 29.8. The Hall–Kier alpha value is -4.43. The Kier molecular flexibility index (Phi) is 11.1. The molecule has 1 aliphatic rings. The molecule has 0 spiro atoms. The topological polar surface area (TPSA) is 86.8 Å². The van der Waals surface area contributed by atoms with E-state index in [0.29, 0.717) is 12.1 Å². The van der Waals surface area contributed by atoms with E-state index in [4.69, 9.17) is 0 Å². The van der Waals surface area contributed by atoms with Crippen LogP contribution in [0.2, 0.25) is 0 Å². The second-order valence-electron chi connectivity index (χ2n) is 12.6. The van der Waals surface area contributed by atoms with Gasteiger partial charge in [-0.25, -0.2) is 8.42 Å². The Morgan fingerprint density at radius 3 is 2.04 bits per heavy atom. The van der Waals surface area contributed by atoms with Crippen LogP contribution in [-0.2, 0) is 32.6 Å². The van der Waals surface area contributed by atoms with E-state index in [0.717, 1.165) is 59.9 Å². The molecule has 0 aliphatic heterocycles. The molecule has 1 N–H and O–H groups in total. The van der Waals surface area contributed by atoms with Crippen molar-refractivity contribution in [2.75, 3.05) is 10.8 Å². The minimum atomic E-state index is -4.15. The Labute approximate surface area is 279 Å². The number of nitrogens with zero attached hydrogens (tertiary/aromatic N) is 2. The highest BCUT2D eigenvalue weighted by molar-refractivity contribution is 7.92. The molecule has 4 aromatic carbocycles. The zero-order chi connectivity index (χ0) is 33.4. The second-order valence-corrected chi connectivity index (χ2v) is 14.5. The maximum Gasteiger partial charge on any atom is 0.264 e. The zero-order valence-electron chi connectivity index (χ0n) is 27.6. The van der Waals surface area contributed by atoms with E-state index in [2.05, 4.69) is 5.32 Å². The van der Waals surface area contributed by atoms with E-state index >= 15 is 0 Å². The first kappa shape index (κ1) is 33.9. The standard InChI is InChI=1S/C39H45N3O4S/c1-29-22-24-35(25-23-29)47(45,46)42(36-21-13-11-15-31(36)3)28-38(43)41(27-33-18-12-10-14-30(33)2)37(26-32-16-6-4-7-17-32)39(44)40-34-19-8-5-9-20-34/h4,6-7,10-18,21-25,34,37H,5,8-9,19-20,26-28H2,1-3H3,(H,40,44)/t37-/m0/s1. The average Bonchev–Trinajstić information content (AvgIpc) is 3.07. The molecule has 4 aromatic rings. The van der Waals surface area contributed by atoms with E-state index in [1.807, 2.05) is 87.5 Å². The van der Waals surface area contributed by atoms with E-state index in [9.17, 15) is 18.0 Å². The van der Waals surface area contributed by atoms with E-state index in [1.54, 1.807) is 41.3 Å². The Bertz CT molecular complexity index is 1770. The maximum absolute atomic E-state index is 14.8. The largest absolute Gasteiger partial charge is 0.352 e. The summed E-state index contributed by atoms with van der Waals surface area (Å²) in [5.74, 6) is -0.668. The maximum atomic E-state index is 14.8. The summed E-state index contributed by atoms with van der Waals surface area (Å²) in [6.07, 6.45) is 5.38. The molecule has 7 nitrogen and oxygen atoms in total. The van der Waals surface area contributed by atoms with Gasteiger partial charge in [-0.1, -0.05) is 110 Å². The lowest BCUT2D eigenvalue weighted by atomic mass is 9.94. The number of hydrogen-bond acceptors (Lipinski definition) is 4. The highest BCUT2D eigenvalue weighted by Gasteiger charge is 2.36. The van der Waals surface area contributed by atoms with Crippen molar-refractivity contribution in [3.63, 3.8) is 0 Å². The van der Waals surface area contributed by atoms with E-state index in [1.165, 1.54) is 4.31 Å². The average molecular weight is 652 g/mol. The van der Waals surface area contributed by atoms with Gasteiger partial charge >= 0.3 is 0 Å². The molecule has 0 aromatic heterocycles. The third kappa shape index (κ3) is 8.49. The molecule has 0 bridgehead atoms. The van der Waals surface area contributed by atoms with Gasteiger partial charge < -0.3 is 10.2 Å². The van der Waals surface area contributed by atoms with Crippen molar-refractivity contribution in [2.24, 2.45) is 0 Å². The van der Waals surface area contributed by atoms with Crippen molar-refractivity contribution in [3.8, 4) is 0 Å². The van der Waals surface area contributed by atoms with Crippen LogP contribution in [-0.4, -0.2) is 43.8 Å². The Morgan fingerprint density at radius 2 is 1.38 bits per heavy atom. The van der Waals surface area contributed by atoms with Gasteiger partial charge in [-0.3, -0.25) is 13.9 Å². The summed E-state index contributed by atoms with van der Waals surface area (Å²) in [5, 5.41) is 3.27. The minimum Gasteiger partial charge on any atom is -0.352 e. The molecule has 0 saturated heterocycles. The normalized spacial score (nSPS) is 14.3. The van der Waals surface area contributed by atoms with Crippen LogP contribution in [0.1, 0.15) is 59.9 Å². The van der Waals surface area contributed by atoms with Crippen LogP contribution in [0.3, 0.4) is 0 Å². The number of carbonyl (C=O) groups is 2. The van der Waals surface area contributed by atoms with Crippen molar-refractivity contribution in [2.45, 2.75) is 82.8 Å². The third-order valence-corrected chi connectivity index (χ3v) is 10.9. The van der Waals surface area contributed by atoms with Gasteiger partial charge in [0.15, 0.2) is 0 Å². The lowest BCUT2D eigenvalue weighted by Crippen LogP contribution is -2.55. The first-order chi connectivity index (χ1) is 22.6. The van der Waals surface area contributed by atoms with Crippen molar-refractivity contribution in [1.29, 1.82) is 0 Å². The van der Waals surface area contributed by atoms with Crippen LogP contribution in [0.4, 0.5) is 5.69 Å². The number of hydrogen-bond donors (Lipinski definition) is 1. The number of para-hydroxylation sites is 1. The first-order valence-electron chi connectivity index (χ1n) is 16.5. The zero-order valence-corrected chi connectivity index (χ0v) is 28.4. The fraction of sp³-hybridized carbons (Fsp3) is 0.333. The van der Waals surface area contributed by atoms with Gasteiger partial charge in [-0.05, 0) is 74.1 Å². The van der Waals surface area contributed by atoms with Crippen LogP contribution in [0.25, 0.3) is 0 Å². The molecule has 8 heteroatoms. The number of amides is 2. The van der Waals surface area contributed by atoms with Crippen molar-refractivity contribution in [3.05, 3.63) is 131 Å². The van der Waals surface area contributed by atoms with Gasteiger partial charge in [0.1, 0.15) is 12.6 Å². The Balaban J connectivity index is 1.58. The molecule has 0 radical (unpaired) electrons. The van der Waals surface area contributed by atoms with Crippen LogP contribution in [0.5, 0.6) is 0 Å². The number of anilines is 1. The lowest BCUT2D eigenvalue weighted by Gasteiger charge is -2.35. The summed E-state index contributed by atoms with van der Waals surface area (Å²) >= 11 is 0. The number of aryl methyl sites for hydroxylation is 3.